The van der Waals surface area contributed by atoms with Gasteiger partial charge in [-0.25, -0.2) is 0 Å². The molecule has 0 atom stereocenters. The molecule has 0 bridgehead atoms. The van der Waals surface area contributed by atoms with Crippen molar-refractivity contribution < 1.29 is 0 Å². The van der Waals surface area contributed by atoms with Crippen molar-refractivity contribution in [3.63, 3.8) is 0 Å². The van der Waals surface area contributed by atoms with Crippen molar-refractivity contribution in [3.05, 3.63) is 41.0 Å². The predicted molar refractivity (Wildman–Crippen MR) is 42.8 cm³/mol. The Labute approximate surface area is 61.2 Å². The van der Waals surface area contributed by atoms with E-state index >= 15 is 0 Å². The van der Waals surface area contributed by atoms with Crippen LogP contribution in [-0.2, 0) is 6.42 Å². The van der Waals surface area contributed by atoms with Gasteiger partial charge in [-0.3, -0.25) is 0 Å². The molecule has 1 aromatic carbocycles. The molecule has 0 fully saturated rings. The van der Waals surface area contributed by atoms with Gasteiger partial charge < -0.3 is 0 Å². The number of aryl methyl sites for hydroxylation is 1. The first-order chi connectivity index (χ1) is 4.88. The molecule has 0 nitrogen and oxygen atoms in total. The molecule has 10 heavy (non-hydrogen) atoms. The molecule has 0 N–H and O–H groups in total. The number of hydrogen-bond donors (Lipinski definition) is 0. The Balaban J connectivity index is 2.67. The maximum atomic E-state index is 3.12. The Kier molecular flexibility index (Phi) is 1.13. The van der Waals surface area contributed by atoms with Crippen LogP contribution in [-0.4, -0.2) is 0 Å². The highest BCUT2D eigenvalue weighted by molar-refractivity contribution is 5.62. The molecule has 0 aliphatic heterocycles. The second-order valence-corrected chi connectivity index (χ2v) is 2.68. The Morgan fingerprint density at radius 2 is 2.30 bits per heavy atom. The summed E-state index contributed by atoms with van der Waals surface area (Å²) < 4.78 is 0. The van der Waals surface area contributed by atoms with Gasteiger partial charge in [-0.1, -0.05) is 24.3 Å². The minimum atomic E-state index is 1.09. The molecular formula is C10H9. The zero-order valence-corrected chi connectivity index (χ0v) is 6.02. The van der Waals surface area contributed by atoms with Crippen LogP contribution >= 0.6 is 0 Å². The van der Waals surface area contributed by atoms with Crippen molar-refractivity contribution in [2.24, 2.45) is 0 Å². The molecule has 0 unspecified atom stereocenters. The smallest absolute Gasteiger partial charge is 0.00879 e. The van der Waals surface area contributed by atoms with E-state index in [1.807, 2.05) is 6.07 Å². The van der Waals surface area contributed by atoms with Crippen LogP contribution in [0.25, 0.3) is 6.08 Å². The second-order valence-electron chi connectivity index (χ2n) is 2.68. The van der Waals surface area contributed by atoms with E-state index in [2.05, 4.69) is 31.2 Å². The molecule has 0 heterocycles. The first-order valence-corrected chi connectivity index (χ1v) is 3.54. The quantitative estimate of drug-likeness (QED) is 0.504. The summed E-state index contributed by atoms with van der Waals surface area (Å²) >= 11 is 0. The SMILES string of the molecule is Cc1c[c]cc2c1C=CC2. The van der Waals surface area contributed by atoms with Crippen molar-refractivity contribution in [2.45, 2.75) is 13.3 Å². The molecule has 0 spiro atoms. The molecule has 1 aliphatic rings. The summed E-state index contributed by atoms with van der Waals surface area (Å²) in [5, 5.41) is 0. The fraction of sp³-hybridized carbons (Fsp3) is 0.200. The zero-order chi connectivity index (χ0) is 6.97. The van der Waals surface area contributed by atoms with E-state index in [4.69, 9.17) is 0 Å². The van der Waals surface area contributed by atoms with Gasteiger partial charge in [0.25, 0.3) is 0 Å². The molecule has 1 aliphatic carbocycles. The lowest BCUT2D eigenvalue weighted by molar-refractivity contribution is 1.28. The number of hydrogen-bond acceptors (Lipinski definition) is 0. The van der Waals surface area contributed by atoms with Gasteiger partial charge >= 0.3 is 0 Å². The van der Waals surface area contributed by atoms with Gasteiger partial charge in [-0.2, -0.15) is 0 Å². The number of allylic oxidation sites excluding steroid dienone is 1. The van der Waals surface area contributed by atoms with Crippen LogP contribution in [0.2, 0.25) is 0 Å². The van der Waals surface area contributed by atoms with Crippen LogP contribution in [0.5, 0.6) is 0 Å². The summed E-state index contributed by atoms with van der Waals surface area (Å²) in [5.41, 5.74) is 4.16. The molecule has 1 aromatic rings. The van der Waals surface area contributed by atoms with Crippen LogP contribution in [0, 0.1) is 13.0 Å². The molecule has 0 saturated carbocycles. The van der Waals surface area contributed by atoms with Crippen LogP contribution in [0.15, 0.2) is 18.2 Å². The fourth-order valence-electron chi connectivity index (χ4n) is 1.39. The third-order valence-corrected chi connectivity index (χ3v) is 1.95. The van der Waals surface area contributed by atoms with Gasteiger partial charge in [-0.05, 0) is 36.1 Å². The van der Waals surface area contributed by atoms with Crippen molar-refractivity contribution in [1.82, 2.24) is 0 Å². The summed E-state index contributed by atoms with van der Waals surface area (Å²) in [6.07, 6.45) is 5.48. The monoisotopic (exact) mass is 129 g/mol. The molecule has 0 heteroatoms. The minimum Gasteiger partial charge on any atom is -0.0795 e. The lowest BCUT2D eigenvalue weighted by Crippen LogP contribution is -1.83. The van der Waals surface area contributed by atoms with Crippen LogP contribution in [0.3, 0.4) is 0 Å². The zero-order valence-electron chi connectivity index (χ0n) is 6.02. The number of fused-ring (bicyclic) bond motifs is 1. The normalized spacial score (nSPS) is 13.7. The lowest BCUT2D eigenvalue weighted by Gasteiger charge is -1.99. The highest BCUT2D eigenvalue weighted by atomic mass is 14.1. The summed E-state index contributed by atoms with van der Waals surface area (Å²) in [6.45, 7) is 2.13. The molecule has 0 aromatic heterocycles. The molecule has 0 amide bonds. The minimum absolute atomic E-state index is 1.09. The maximum absolute atomic E-state index is 3.12. The van der Waals surface area contributed by atoms with E-state index in [1.165, 1.54) is 16.7 Å². The summed E-state index contributed by atoms with van der Waals surface area (Å²) in [6, 6.07) is 7.23. The van der Waals surface area contributed by atoms with E-state index in [9.17, 15) is 0 Å². The van der Waals surface area contributed by atoms with E-state index in [0.29, 0.717) is 0 Å². The summed E-state index contributed by atoms with van der Waals surface area (Å²) in [5.74, 6) is 0. The van der Waals surface area contributed by atoms with Crippen LogP contribution in [0.1, 0.15) is 16.7 Å². The number of rotatable bonds is 0. The van der Waals surface area contributed by atoms with Crippen molar-refractivity contribution in [1.29, 1.82) is 0 Å². The van der Waals surface area contributed by atoms with E-state index in [-0.39, 0.29) is 0 Å². The third-order valence-electron chi connectivity index (χ3n) is 1.95. The average Bonchev–Trinajstić information content (AvgIpc) is 2.36. The van der Waals surface area contributed by atoms with Crippen molar-refractivity contribution >= 4 is 6.08 Å². The first kappa shape index (κ1) is 5.72. The Morgan fingerprint density at radius 1 is 1.40 bits per heavy atom. The van der Waals surface area contributed by atoms with Crippen LogP contribution in [0.4, 0.5) is 0 Å². The number of benzene rings is 1. The molecular weight excluding hydrogens is 120 g/mol. The van der Waals surface area contributed by atoms with Gasteiger partial charge in [0.15, 0.2) is 0 Å². The van der Waals surface area contributed by atoms with Gasteiger partial charge in [0, 0.05) is 0 Å². The molecule has 49 valence electrons. The largest absolute Gasteiger partial charge is 0.0795 e. The van der Waals surface area contributed by atoms with Gasteiger partial charge in [0.05, 0.1) is 0 Å². The Hall–Kier alpha value is -1.04. The van der Waals surface area contributed by atoms with E-state index in [0.717, 1.165) is 6.42 Å². The topological polar surface area (TPSA) is 0 Å². The summed E-state index contributed by atoms with van der Waals surface area (Å²) in [4.78, 5) is 0. The van der Waals surface area contributed by atoms with Gasteiger partial charge in [-0.15, -0.1) is 0 Å². The predicted octanol–water partition coefficient (Wildman–Crippen LogP) is 2.36. The third kappa shape index (κ3) is 0.688. The van der Waals surface area contributed by atoms with E-state index < -0.39 is 0 Å². The van der Waals surface area contributed by atoms with Crippen molar-refractivity contribution in [3.8, 4) is 0 Å². The fourth-order valence-corrected chi connectivity index (χ4v) is 1.39. The van der Waals surface area contributed by atoms with Crippen molar-refractivity contribution in [2.75, 3.05) is 0 Å². The second kappa shape index (κ2) is 1.98. The highest BCUT2D eigenvalue weighted by Gasteiger charge is 2.04. The maximum Gasteiger partial charge on any atom is -0.00879 e. The molecule has 0 saturated heterocycles. The standard InChI is InChI=1S/C10H9/c1-8-4-2-5-9-6-3-7-10(8)9/h3-5,7H,6H2,1H3. The molecule has 2 rings (SSSR count). The summed E-state index contributed by atoms with van der Waals surface area (Å²) in [7, 11) is 0. The average molecular weight is 129 g/mol. The lowest BCUT2D eigenvalue weighted by atomic mass is 10.1. The molecule has 1 radical (unpaired) electrons. The Morgan fingerprint density at radius 3 is 3.10 bits per heavy atom. The van der Waals surface area contributed by atoms with E-state index in [1.54, 1.807) is 0 Å². The Bertz CT molecular complexity index is 282. The van der Waals surface area contributed by atoms with Gasteiger partial charge in [0.1, 0.15) is 0 Å². The highest BCUT2D eigenvalue weighted by Crippen LogP contribution is 2.21. The first-order valence-electron chi connectivity index (χ1n) is 3.54. The van der Waals surface area contributed by atoms with Crippen LogP contribution < -0.4 is 0 Å². The van der Waals surface area contributed by atoms with Gasteiger partial charge in [0.2, 0.25) is 0 Å².